The third-order valence-electron chi connectivity index (χ3n) is 7.22. The average Bonchev–Trinajstić information content (AvgIpc) is 3.23. The van der Waals surface area contributed by atoms with E-state index in [1.54, 1.807) is 0 Å². The van der Waals surface area contributed by atoms with Gasteiger partial charge in [-0.05, 0) is 37.6 Å². The number of carbonyl (C=O) groups is 2. The molecule has 32 heavy (non-hydrogen) atoms. The molecule has 3 aliphatic rings. The van der Waals surface area contributed by atoms with Crippen LogP contribution in [0.5, 0.6) is 0 Å². The molecule has 3 unspecified atom stereocenters. The van der Waals surface area contributed by atoms with Crippen molar-refractivity contribution in [3.05, 3.63) is 29.8 Å². The number of carbonyl (C=O) groups excluding carboxylic acids is 2. The van der Waals surface area contributed by atoms with E-state index < -0.39 is 0 Å². The summed E-state index contributed by atoms with van der Waals surface area (Å²) in [4.78, 5) is 33.9. The van der Waals surface area contributed by atoms with Crippen molar-refractivity contribution in [2.45, 2.75) is 43.9 Å². The highest BCUT2D eigenvalue weighted by molar-refractivity contribution is 5.83. The highest BCUT2D eigenvalue weighted by Crippen LogP contribution is 2.26. The van der Waals surface area contributed by atoms with Crippen LogP contribution in [0.25, 0.3) is 0 Å². The Labute approximate surface area is 191 Å². The summed E-state index contributed by atoms with van der Waals surface area (Å²) in [6.45, 7) is 5.85. The summed E-state index contributed by atoms with van der Waals surface area (Å²) >= 11 is 0. The topological polar surface area (TPSA) is 71.2 Å². The molecule has 0 aliphatic carbocycles. The molecule has 2 amide bonds. The lowest BCUT2D eigenvalue weighted by molar-refractivity contribution is -0.133. The van der Waals surface area contributed by atoms with E-state index in [2.05, 4.69) is 56.6 Å². The Balaban J connectivity index is 1.27. The predicted octanol–water partition coefficient (Wildman–Crippen LogP) is 0.338. The summed E-state index contributed by atoms with van der Waals surface area (Å²) in [6.07, 6.45) is 2.19. The van der Waals surface area contributed by atoms with Crippen LogP contribution in [0.2, 0.25) is 0 Å². The lowest BCUT2D eigenvalue weighted by Crippen LogP contribution is -2.58. The average molecular weight is 443 g/mol. The van der Waals surface area contributed by atoms with Gasteiger partial charge < -0.3 is 25.3 Å². The molecule has 3 aliphatic heterocycles. The molecule has 3 heterocycles. The van der Waals surface area contributed by atoms with Crippen molar-refractivity contribution >= 4 is 17.5 Å². The Morgan fingerprint density at radius 2 is 1.88 bits per heavy atom. The van der Waals surface area contributed by atoms with Crippen molar-refractivity contribution in [3.63, 3.8) is 0 Å². The number of piperazine rings is 2. The number of hydrogen-bond donors (Lipinski definition) is 2. The quantitative estimate of drug-likeness (QED) is 0.635. The number of nitrogens with one attached hydrogen (secondary N) is 2. The Bertz CT molecular complexity index is 790. The Kier molecular flexibility index (Phi) is 7.33. The molecule has 0 aromatic heterocycles. The van der Waals surface area contributed by atoms with Crippen molar-refractivity contribution in [2.75, 3.05) is 65.3 Å². The van der Waals surface area contributed by atoms with Crippen LogP contribution in [0, 0.1) is 0 Å². The van der Waals surface area contributed by atoms with Crippen LogP contribution in [0.1, 0.15) is 24.8 Å². The molecule has 8 nitrogen and oxygen atoms in total. The van der Waals surface area contributed by atoms with Crippen molar-refractivity contribution in [1.29, 1.82) is 0 Å². The van der Waals surface area contributed by atoms with Gasteiger partial charge in [-0.15, -0.1) is 0 Å². The molecule has 8 heteroatoms. The van der Waals surface area contributed by atoms with Crippen LogP contribution in [0.4, 0.5) is 5.69 Å². The summed E-state index contributed by atoms with van der Waals surface area (Å²) in [7, 11) is 6.19. The Hall–Kier alpha value is -2.16. The molecule has 0 bridgehead atoms. The zero-order valence-corrected chi connectivity index (χ0v) is 19.7. The molecule has 0 radical (unpaired) electrons. The van der Waals surface area contributed by atoms with Crippen molar-refractivity contribution in [2.24, 2.45) is 0 Å². The first-order chi connectivity index (χ1) is 15.4. The SMILES string of the molecule is CN1CCN(C(=O)CCC2CNC(=O)C3CC(NCc4ccc(N(C)C)cc4)CN23)CC1. The first-order valence-electron chi connectivity index (χ1n) is 11.9. The van der Waals surface area contributed by atoms with E-state index in [0.717, 1.165) is 52.1 Å². The van der Waals surface area contributed by atoms with Gasteiger partial charge in [0.15, 0.2) is 0 Å². The fourth-order valence-corrected chi connectivity index (χ4v) is 5.07. The largest absolute Gasteiger partial charge is 0.378 e. The number of fused-ring (bicyclic) bond motifs is 1. The monoisotopic (exact) mass is 442 g/mol. The third-order valence-corrected chi connectivity index (χ3v) is 7.22. The van der Waals surface area contributed by atoms with Gasteiger partial charge in [-0.25, -0.2) is 0 Å². The smallest absolute Gasteiger partial charge is 0.237 e. The Morgan fingerprint density at radius 1 is 1.16 bits per heavy atom. The first-order valence-corrected chi connectivity index (χ1v) is 11.9. The van der Waals surface area contributed by atoms with Gasteiger partial charge in [-0.1, -0.05) is 12.1 Å². The van der Waals surface area contributed by atoms with Gasteiger partial charge >= 0.3 is 0 Å². The molecular formula is C24H38N6O2. The van der Waals surface area contributed by atoms with Gasteiger partial charge in [0.25, 0.3) is 0 Å². The van der Waals surface area contributed by atoms with Crippen LogP contribution >= 0.6 is 0 Å². The maximum absolute atomic E-state index is 12.7. The molecule has 1 aromatic rings. The second-order valence-corrected chi connectivity index (χ2v) is 9.71. The minimum atomic E-state index is -0.0823. The summed E-state index contributed by atoms with van der Waals surface area (Å²) in [5, 5.41) is 6.73. The lowest BCUT2D eigenvalue weighted by atomic mass is 10.0. The number of anilines is 1. The van der Waals surface area contributed by atoms with Gasteiger partial charge in [0.2, 0.25) is 11.8 Å². The van der Waals surface area contributed by atoms with Crippen LogP contribution in [0.15, 0.2) is 24.3 Å². The highest BCUT2D eigenvalue weighted by Gasteiger charge is 2.43. The third kappa shape index (κ3) is 5.42. The first kappa shape index (κ1) is 23.0. The number of amides is 2. The van der Waals surface area contributed by atoms with E-state index in [1.165, 1.54) is 11.3 Å². The summed E-state index contributed by atoms with van der Waals surface area (Å²) < 4.78 is 0. The molecule has 176 valence electrons. The van der Waals surface area contributed by atoms with Crippen molar-refractivity contribution in [1.82, 2.24) is 25.3 Å². The zero-order valence-electron chi connectivity index (χ0n) is 19.7. The maximum atomic E-state index is 12.7. The number of likely N-dealkylation sites (N-methyl/N-ethyl adjacent to an activating group) is 1. The minimum absolute atomic E-state index is 0.0823. The summed E-state index contributed by atoms with van der Waals surface area (Å²) in [5.74, 6) is 0.382. The van der Waals surface area contributed by atoms with Gasteiger partial charge in [-0.2, -0.15) is 0 Å². The fraction of sp³-hybridized carbons (Fsp3) is 0.667. The molecule has 3 atom stereocenters. The van der Waals surface area contributed by atoms with Gasteiger partial charge in [0, 0.05) is 84.1 Å². The normalized spacial score (nSPS) is 26.7. The van der Waals surface area contributed by atoms with Crippen LogP contribution in [0.3, 0.4) is 0 Å². The molecule has 4 rings (SSSR count). The Morgan fingerprint density at radius 3 is 2.56 bits per heavy atom. The van der Waals surface area contributed by atoms with E-state index in [1.807, 2.05) is 19.0 Å². The molecule has 3 saturated heterocycles. The van der Waals surface area contributed by atoms with Crippen molar-refractivity contribution < 1.29 is 9.59 Å². The summed E-state index contributed by atoms with van der Waals surface area (Å²) in [6, 6.07) is 9.02. The van der Waals surface area contributed by atoms with E-state index >= 15 is 0 Å². The second kappa shape index (κ2) is 10.2. The highest BCUT2D eigenvalue weighted by atomic mass is 16.2. The van der Waals surface area contributed by atoms with E-state index in [4.69, 9.17) is 0 Å². The van der Waals surface area contributed by atoms with Crippen LogP contribution < -0.4 is 15.5 Å². The molecule has 0 saturated carbocycles. The lowest BCUT2D eigenvalue weighted by Gasteiger charge is -2.38. The predicted molar refractivity (Wildman–Crippen MR) is 127 cm³/mol. The molecule has 0 spiro atoms. The number of rotatable bonds is 7. The van der Waals surface area contributed by atoms with Gasteiger partial charge in [0.1, 0.15) is 0 Å². The van der Waals surface area contributed by atoms with Gasteiger partial charge in [0.05, 0.1) is 6.04 Å². The minimum Gasteiger partial charge on any atom is -0.378 e. The molecular weight excluding hydrogens is 404 g/mol. The zero-order chi connectivity index (χ0) is 22.7. The molecule has 3 fully saturated rings. The molecule has 1 aromatic carbocycles. The maximum Gasteiger partial charge on any atom is 0.237 e. The number of nitrogens with zero attached hydrogens (tertiary/aromatic N) is 4. The van der Waals surface area contributed by atoms with Crippen molar-refractivity contribution in [3.8, 4) is 0 Å². The van der Waals surface area contributed by atoms with Crippen LogP contribution in [-0.4, -0.2) is 105 Å². The van der Waals surface area contributed by atoms with Crippen LogP contribution in [-0.2, 0) is 16.1 Å². The van der Waals surface area contributed by atoms with Gasteiger partial charge in [-0.3, -0.25) is 14.5 Å². The van der Waals surface area contributed by atoms with E-state index in [0.29, 0.717) is 13.0 Å². The molecule has 2 N–H and O–H groups in total. The number of hydrogen-bond acceptors (Lipinski definition) is 6. The second-order valence-electron chi connectivity index (χ2n) is 9.71. The standard InChI is InChI=1S/C24H38N6O2/c1-27(2)20-6-4-18(5-7-20)15-25-19-14-22-24(32)26-16-21(30(22)17-19)8-9-23(31)29-12-10-28(3)11-13-29/h4-7,19,21-22,25H,8-17H2,1-3H3,(H,26,32). The number of benzene rings is 1. The van der Waals surface area contributed by atoms with E-state index in [9.17, 15) is 9.59 Å². The fourth-order valence-electron chi connectivity index (χ4n) is 5.07. The van der Waals surface area contributed by atoms with E-state index in [-0.39, 0.29) is 29.9 Å². The summed E-state index contributed by atoms with van der Waals surface area (Å²) in [5.41, 5.74) is 2.44.